The molecule has 3 atom stereocenters. The number of anilines is 2. The number of aromatic hydroxyl groups is 1. The number of phenolic OH excluding ortho intramolecular Hbond substituents is 1. The van der Waals surface area contributed by atoms with Crippen molar-refractivity contribution in [3.63, 3.8) is 0 Å². The molecule has 220 valence electrons. The number of phenols is 1. The van der Waals surface area contributed by atoms with Gasteiger partial charge in [0.1, 0.15) is 17.6 Å². The van der Waals surface area contributed by atoms with Crippen LogP contribution in [0.3, 0.4) is 0 Å². The van der Waals surface area contributed by atoms with Crippen LogP contribution in [0.25, 0.3) is 0 Å². The fourth-order valence-corrected chi connectivity index (χ4v) is 8.23. The Bertz CT molecular complexity index is 1810. The van der Waals surface area contributed by atoms with E-state index >= 15 is 0 Å². The standard InChI is InChI=1S/C30H23ClFN3O6S2/c1-2-41-21-13-15(3-12-20(21)36)23-24-25(28(39)35(27(24)38)19-10-4-16(31)5-11-19)42-29-26(23)43-30(40)34(29)14-22(37)33-18-8-6-17(32)7-9-18/h3-13,23-25,36H,2,14H2,1H3,(H,33,37)/t23-,24?,25?/m0/s1. The van der Waals surface area contributed by atoms with Gasteiger partial charge in [0.15, 0.2) is 11.5 Å². The number of nitrogens with zero attached hydrogens (tertiary/aromatic N) is 2. The summed E-state index contributed by atoms with van der Waals surface area (Å²) in [5.74, 6) is -3.37. The lowest BCUT2D eigenvalue weighted by Crippen LogP contribution is -2.33. The summed E-state index contributed by atoms with van der Waals surface area (Å²) in [5, 5.41) is 13.0. The average Bonchev–Trinajstić information content (AvgIpc) is 3.42. The highest BCUT2D eigenvalue weighted by Crippen LogP contribution is 2.54. The first-order chi connectivity index (χ1) is 20.7. The van der Waals surface area contributed by atoms with Crippen molar-refractivity contribution < 1.29 is 28.6 Å². The van der Waals surface area contributed by atoms with Crippen molar-refractivity contribution >= 4 is 63.8 Å². The quantitative estimate of drug-likeness (QED) is 0.266. The molecular formula is C30H23ClFN3O6S2. The smallest absolute Gasteiger partial charge is 0.308 e. The van der Waals surface area contributed by atoms with Crippen LogP contribution in [0.1, 0.15) is 23.3 Å². The summed E-state index contributed by atoms with van der Waals surface area (Å²) in [7, 11) is 0. The van der Waals surface area contributed by atoms with Gasteiger partial charge in [-0.25, -0.2) is 9.29 Å². The van der Waals surface area contributed by atoms with Crippen LogP contribution in [0.4, 0.5) is 15.8 Å². The van der Waals surface area contributed by atoms with Gasteiger partial charge in [0.2, 0.25) is 17.7 Å². The lowest BCUT2D eigenvalue weighted by molar-refractivity contribution is -0.122. The summed E-state index contributed by atoms with van der Waals surface area (Å²) in [5.41, 5.74) is 1.30. The number of benzene rings is 3. The molecule has 0 spiro atoms. The van der Waals surface area contributed by atoms with Crippen molar-refractivity contribution in [2.75, 3.05) is 16.8 Å². The Morgan fingerprint density at radius 1 is 1.05 bits per heavy atom. The van der Waals surface area contributed by atoms with Crippen LogP contribution in [0.2, 0.25) is 5.02 Å². The summed E-state index contributed by atoms with van der Waals surface area (Å²) in [6, 6.07) is 16.3. The number of ether oxygens (including phenoxy) is 1. The van der Waals surface area contributed by atoms with Gasteiger partial charge >= 0.3 is 4.87 Å². The average molecular weight is 640 g/mol. The van der Waals surface area contributed by atoms with Crippen molar-refractivity contribution in [1.29, 1.82) is 0 Å². The van der Waals surface area contributed by atoms with E-state index in [2.05, 4.69) is 5.32 Å². The second-order valence-corrected chi connectivity index (χ2v) is 12.4. The van der Waals surface area contributed by atoms with E-state index in [1.165, 1.54) is 34.9 Å². The number of rotatable bonds is 7. The molecule has 9 nitrogen and oxygen atoms in total. The zero-order chi connectivity index (χ0) is 30.4. The van der Waals surface area contributed by atoms with Gasteiger partial charge in [-0.15, -0.1) is 0 Å². The number of fused-ring (bicyclic) bond motifs is 2. The van der Waals surface area contributed by atoms with Crippen LogP contribution < -0.4 is 19.8 Å². The van der Waals surface area contributed by atoms with E-state index in [0.717, 1.165) is 28.0 Å². The van der Waals surface area contributed by atoms with Gasteiger partial charge in [0.05, 0.1) is 23.2 Å². The molecule has 4 aromatic rings. The maximum atomic E-state index is 14.0. The zero-order valence-electron chi connectivity index (χ0n) is 22.5. The number of amides is 3. The molecule has 1 fully saturated rings. The molecule has 1 aromatic heterocycles. The number of hydrogen-bond donors (Lipinski definition) is 2. The van der Waals surface area contributed by atoms with Gasteiger partial charge in [-0.2, -0.15) is 0 Å². The Morgan fingerprint density at radius 3 is 2.47 bits per heavy atom. The minimum atomic E-state index is -0.898. The minimum Gasteiger partial charge on any atom is -0.504 e. The summed E-state index contributed by atoms with van der Waals surface area (Å²) in [6.45, 7) is 1.69. The molecule has 2 unspecified atom stereocenters. The number of nitrogens with one attached hydrogen (secondary N) is 1. The molecule has 1 saturated heterocycles. The van der Waals surface area contributed by atoms with Gasteiger partial charge in [0.25, 0.3) is 0 Å². The number of thiazole rings is 1. The van der Waals surface area contributed by atoms with E-state index in [4.69, 9.17) is 16.3 Å². The maximum Gasteiger partial charge on any atom is 0.308 e. The van der Waals surface area contributed by atoms with Gasteiger partial charge < -0.3 is 15.2 Å². The lowest BCUT2D eigenvalue weighted by atomic mass is 9.83. The Labute approximate surface area is 257 Å². The molecule has 2 N–H and O–H groups in total. The van der Waals surface area contributed by atoms with E-state index < -0.39 is 45.5 Å². The van der Waals surface area contributed by atoms with E-state index in [0.29, 0.717) is 31.9 Å². The van der Waals surface area contributed by atoms with Crippen molar-refractivity contribution in [3.05, 3.63) is 97.7 Å². The number of carbonyl (C=O) groups is 3. The van der Waals surface area contributed by atoms with Crippen LogP contribution >= 0.6 is 34.7 Å². The van der Waals surface area contributed by atoms with E-state index in [1.807, 2.05) is 0 Å². The Balaban J connectivity index is 1.43. The highest BCUT2D eigenvalue weighted by Gasteiger charge is 2.57. The largest absolute Gasteiger partial charge is 0.504 e. The van der Waals surface area contributed by atoms with Gasteiger partial charge in [-0.3, -0.25) is 23.7 Å². The van der Waals surface area contributed by atoms with Gasteiger partial charge in [0, 0.05) is 21.5 Å². The van der Waals surface area contributed by atoms with E-state index in [-0.39, 0.29) is 24.7 Å². The number of carbonyl (C=O) groups excluding carboxylic acids is 3. The van der Waals surface area contributed by atoms with E-state index in [1.54, 1.807) is 43.3 Å². The fraction of sp³-hybridized carbons (Fsp3) is 0.200. The molecule has 43 heavy (non-hydrogen) atoms. The van der Waals surface area contributed by atoms with Crippen molar-refractivity contribution in [3.8, 4) is 11.5 Å². The van der Waals surface area contributed by atoms with Gasteiger partial charge in [-0.1, -0.05) is 40.8 Å². The minimum absolute atomic E-state index is 0.0904. The van der Waals surface area contributed by atoms with Crippen molar-refractivity contribution in [1.82, 2.24) is 4.57 Å². The highest BCUT2D eigenvalue weighted by molar-refractivity contribution is 8.00. The summed E-state index contributed by atoms with van der Waals surface area (Å²) in [6.07, 6.45) is 0. The predicted molar refractivity (Wildman–Crippen MR) is 162 cm³/mol. The Hall–Kier alpha value is -4.13. The normalized spacial score (nSPS) is 19.2. The molecule has 0 aliphatic carbocycles. The molecule has 3 aromatic carbocycles. The highest BCUT2D eigenvalue weighted by atomic mass is 35.5. The predicted octanol–water partition coefficient (Wildman–Crippen LogP) is 5.24. The zero-order valence-corrected chi connectivity index (χ0v) is 24.8. The first kappa shape index (κ1) is 29.0. The topological polar surface area (TPSA) is 118 Å². The molecule has 13 heteroatoms. The maximum absolute atomic E-state index is 14.0. The molecule has 3 heterocycles. The summed E-state index contributed by atoms with van der Waals surface area (Å²) >= 11 is 8.02. The van der Waals surface area contributed by atoms with Crippen LogP contribution in [0.5, 0.6) is 11.5 Å². The summed E-state index contributed by atoms with van der Waals surface area (Å²) in [4.78, 5) is 55.4. The third kappa shape index (κ3) is 5.30. The third-order valence-electron chi connectivity index (χ3n) is 7.21. The Morgan fingerprint density at radius 2 is 1.77 bits per heavy atom. The second kappa shape index (κ2) is 11.5. The molecule has 2 aliphatic rings. The number of halogens is 2. The number of aromatic nitrogens is 1. The third-order valence-corrected chi connectivity index (χ3v) is 10.1. The first-order valence-corrected chi connectivity index (χ1v) is 15.3. The lowest BCUT2D eigenvalue weighted by Gasteiger charge is -2.31. The van der Waals surface area contributed by atoms with Crippen LogP contribution in [0.15, 0.2) is 76.6 Å². The van der Waals surface area contributed by atoms with Crippen LogP contribution in [-0.4, -0.2) is 39.3 Å². The molecular weight excluding hydrogens is 617 g/mol. The molecule has 0 saturated carbocycles. The van der Waals surface area contributed by atoms with Crippen molar-refractivity contribution in [2.45, 2.75) is 29.7 Å². The van der Waals surface area contributed by atoms with Gasteiger partial charge in [-0.05, 0) is 73.2 Å². The second-order valence-electron chi connectivity index (χ2n) is 9.87. The molecule has 2 aliphatic heterocycles. The number of hydrogen-bond acceptors (Lipinski definition) is 8. The molecule has 0 radical (unpaired) electrons. The van der Waals surface area contributed by atoms with E-state index in [9.17, 15) is 28.7 Å². The fourth-order valence-electron chi connectivity index (χ4n) is 5.33. The molecule has 3 amide bonds. The molecule has 0 bridgehead atoms. The summed E-state index contributed by atoms with van der Waals surface area (Å²) < 4.78 is 20.2. The number of thioether (sulfide) groups is 1. The SMILES string of the molecule is CCOc1cc([C@@H]2c3sc(=O)n(CC(=O)Nc4ccc(F)cc4)c3SC3C(=O)N(c4ccc(Cl)cc4)C(=O)C32)ccc1O. The first-order valence-electron chi connectivity index (χ1n) is 13.2. The molecule has 6 rings (SSSR count). The van der Waals surface area contributed by atoms with Crippen LogP contribution in [0, 0.1) is 11.7 Å². The Kier molecular flexibility index (Phi) is 7.75. The van der Waals surface area contributed by atoms with Crippen molar-refractivity contribution in [2.24, 2.45) is 5.92 Å². The monoisotopic (exact) mass is 639 g/mol. The number of imide groups is 1. The van der Waals surface area contributed by atoms with Crippen LogP contribution in [-0.2, 0) is 20.9 Å².